The normalized spacial score (nSPS) is 14.3. The van der Waals surface area contributed by atoms with E-state index in [9.17, 15) is 4.79 Å². The van der Waals surface area contributed by atoms with E-state index in [0.29, 0.717) is 17.0 Å². The van der Waals surface area contributed by atoms with Gasteiger partial charge in [-0.15, -0.1) is 0 Å². The molecule has 1 aliphatic rings. The minimum Gasteiger partial charge on any atom is -0.325 e. The van der Waals surface area contributed by atoms with Crippen LogP contribution in [0.5, 0.6) is 0 Å². The second-order valence-electron chi connectivity index (χ2n) is 6.14. The lowest BCUT2D eigenvalue weighted by Crippen LogP contribution is -2.13. The van der Waals surface area contributed by atoms with E-state index < -0.39 is 0 Å². The summed E-state index contributed by atoms with van der Waals surface area (Å²) < 4.78 is 0. The lowest BCUT2D eigenvalue weighted by atomic mass is 9.95. The Labute approximate surface area is 133 Å². The Morgan fingerprint density at radius 3 is 2.83 bits per heavy atom. The molecule has 4 rings (SSSR count). The van der Waals surface area contributed by atoms with Crippen molar-refractivity contribution in [1.82, 2.24) is 15.2 Å². The number of fused-ring (bicyclic) bond motifs is 1. The van der Waals surface area contributed by atoms with Gasteiger partial charge in [-0.2, -0.15) is 5.10 Å². The van der Waals surface area contributed by atoms with Gasteiger partial charge in [-0.3, -0.25) is 9.78 Å². The molecule has 2 heterocycles. The third-order valence-corrected chi connectivity index (χ3v) is 4.64. The topological polar surface area (TPSA) is 84.7 Å². The van der Waals surface area contributed by atoms with Crippen LogP contribution in [-0.4, -0.2) is 15.2 Å². The number of rotatable bonds is 3. The molecule has 116 valence electrons. The third kappa shape index (κ3) is 2.33. The van der Waals surface area contributed by atoms with Crippen LogP contribution in [0.4, 0.5) is 0 Å². The Hall–Kier alpha value is -2.53. The van der Waals surface area contributed by atoms with E-state index in [1.807, 2.05) is 30.6 Å². The van der Waals surface area contributed by atoms with Crippen molar-refractivity contribution in [3.8, 4) is 11.1 Å². The van der Waals surface area contributed by atoms with Gasteiger partial charge in [0.2, 0.25) is 0 Å². The fourth-order valence-electron chi connectivity index (χ4n) is 3.18. The van der Waals surface area contributed by atoms with Crippen LogP contribution in [0.1, 0.15) is 35.6 Å². The van der Waals surface area contributed by atoms with Gasteiger partial charge >= 0.3 is 0 Å². The summed E-state index contributed by atoms with van der Waals surface area (Å²) in [4.78, 5) is 16.4. The number of H-pyrrole nitrogens is 1. The van der Waals surface area contributed by atoms with Gasteiger partial charge in [-0.1, -0.05) is 6.07 Å². The molecule has 3 N–H and O–H groups in total. The summed E-state index contributed by atoms with van der Waals surface area (Å²) in [7, 11) is 0. The van der Waals surface area contributed by atoms with Crippen molar-refractivity contribution in [3.63, 3.8) is 0 Å². The maximum atomic E-state index is 11.9. The smallest absolute Gasteiger partial charge is 0.272 e. The van der Waals surface area contributed by atoms with Gasteiger partial charge < -0.3 is 5.73 Å². The molecule has 1 saturated carbocycles. The molecule has 0 spiro atoms. The first-order chi connectivity index (χ1) is 11.2. The quantitative estimate of drug-likeness (QED) is 0.779. The molecule has 0 saturated heterocycles. The molecule has 3 aromatic rings. The van der Waals surface area contributed by atoms with Gasteiger partial charge in [0.25, 0.3) is 5.56 Å². The number of benzene rings is 1. The third-order valence-electron chi connectivity index (χ3n) is 4.64. The zero-order valence-corrected chi connectivity index (χ0v) is 13.0. The number of nitrogens with one attached hydrogen (secondary N) is 1. The number of aromatic nitrogens is 3. The van der Waals surface area contributed by atoms with Gasteiger partial charge in [0.1, 0.15) is 0 Å². The highest BCUT2D eigenvalue weighted by atomic mass is 16.1. The molecule has 0 atom stereocenters. The summed E-state index contributed by atoms with van der Waals surface area (Å²) in [5, 5.41) is 7.99. The molecular weight excluding hydrogens is 288 g/mol. The van der Waals surface area contributed by atoms with E-state index in [4.69, 9.17) is 5.73 Å². The summed E-state index contributed by atoms with van der Waals surface area (Å²) in [6, 6.07) is 5.81. The van der Waals surface area contributed by atoms with Gasteiger partial charge in [0, 0.05) is 29.9 Å². The van der Waals surface area contributed by atoms with Crippen molar-refractivity contribution in [3.05, 3.63) is 57.8 Å². The van der Waals surface area contributed by atoms with Gasteiger partial charge in [-0.05, 0) is 54.5 Å². The van der Waals surface area contributed by atoms with Crippen LogP contribution in [-0.2, 0) is 6.54 Å². The molecule has 1 aromatic carbocycles. The summed E-state index contributed by atoms with van der Waals surface area (Å²) in [5.74, 6) is 0.659. The van der Waals surface area contributed by atoms with Crippen LogP contribution in [0.15, 0.2) is 35.4 Å². The number of hydrogen-bond acceptors (Lipinski definition) is 4. The van der Waals surface area contributed by atoms with E-state index in [-0.39, 0.29) is 12.1 Å². The Bertz CT molecular complexity index is 957. The van der Waals surface area contributed by atoms with Gasteiger partial charge in [-0.25, -0.2) is 5.10 Å². The fourth-order valence-corrected chi connectivity index (χ4v) is 3.18. The van der Waals surface area contributed by atoms with Crippen molar-refractivity contribution < 1.29 is 0 Å². The molecule has 5 heteroatoms. The van der Waals surface area contributed by atoms with Crippen LogP contribution in [0, 0.1) is 6.92 Å². The monoisotopic (exact) mass is 306 g/mol. The van der Waals surface area contributed by atoms with Crippen molar-refractivity contribution in [2.24, 2.45) is 5.73 Å². The van der Waals surface area contributed by atoms with E-state index in [0.717, 1.165) is 16.5 Å². The van der Waals surface area contributed by atoms with E-state index in [1.54, 1.807) is 0 Å². The molecule has 2 aromatic heterocycles. The number of hydrogen-bond donors (Lipinski definition) is 2. The van der Waals surface area contributed by atoms with Crippen molar-refractivity contribution in [2.75, 3.05) is 0 Å². The van der Waals surface area contributed by atoms with E-state index in [2.05, 4.69) is 22.1 Å². The molecule has 0 aliphatic heterocycles. The molecule has 0 amide bonds. The maximum Gasteiger partial charge on any atom is 0.272 e. The number of nitrogens with two attached hydrogens (primary N) is 1. The highest BCUT2D eigenvalue weighted by Gasteiger charge is 2.26. The minimum atomic E-state index is -0.190. The summed E-state index contributed by atoms with van der Waals surface area (Å²) in [6.07, 6.45) is 6.38. The maximum absolute atomic E-state index is 11.9. The summed E-state index contributed by atoms with van der Waals surface area (Å²) in [6.45, 7) is 2.44. The minimum absolute atomic E-state index is 0.190. The lowest BCUT2D eigenvalue weighted by Gasteiger charge is -2.11. The molecule has 5 nitrogen and oxygen atoms in total. The summed E-state index contributed by atoms with van der Waals surface area (Å²) >= 11 is 0. The second-order valence-corrected chi connectivity index (χ2v) is 6.14. The fraction of sp³-hybridized carbons (Fsp3) is 0.278. The van der Waals surface area contributed by atoms with Crippen molar-refractivity contribution in [2.45, 2.75) is 32.2 Å². The number of nitrogens with zero attached hydrogens (tertiary/aromatic N) is 2. The highest BCUT2D eigenvalue weighted by molar-refractivity contribution is 5.88. The molecule has 23 heavy (non-hydrogen) atoms. The average Bonchev–Trinajstić information content (AvgIpc) is 3.40. The lowest BCUT2D eigenvalue weighted by molar-refractivity contribution is 0.900. The highest BCUT2D eigenvalue weighted by Crippen LogP contribution is 2.43. The number of pyridine rings is 1. The summed E-state index contributed by atoms with van der Waals surface area (Å²) in [5.41, 5.74) is 11.0. The van der Waals surface area contributed by atoms with Crippen LogP contribution in [0.2, 0.25) is 0 Å². The average molecular weight is 306 g/mol. The van der Waals surface area contributed by atoms with E-state index >= 15 is 0 Å². The second kappa shape index (κ2) is 5.28. The first-order valence-corrected chi connectivity index (χ1v) is 7.85. The van der Waals surface area contributed by atoms with Gasteiger partial charge in [0.15, 0.2) is 0 Å². The molecule has 0 bridgehead atoms. The van der Waals surface area contributed by atoms with E-state index in [1.165, 1.54) is 24.0 Å². The van der Waals surface area contributed by atoms with Crippen LogP contribution < -0.4 is 11.3 Å². The van der Waals surface area contributed by atoms with Crippen LogP contribution >= 0.6 is 0 Å². The zero-order chi connectivity index (χ0) is 16.0. The van der Waals surface area contributed by atoms with Crippen LogP contribution in [0.3, 0.4) is 0 Å². The SMILES string of the molecule is Cc1c(-c2ccc3c(=O)[nH]nc(CN)c3c2)cncc1C1CC1. The standard InChI is InChI=1S/C18H18N4O/c1-10-15(11-2-3-11)8-20-9-16(10)12-4-5-13-14(6-12)17(7-19)21-22-18(13)23/h4-6,8-9,11H,2-3,7,19H2,1H3,(H,22,23). The first-order valence-electron chi connectivity index (χ1n) is 7.85. The molecule has 1 fully saturated rings. The molecule has 1 aliphatic carbocycles. The Balaban J connectivity index is 1.93. The molecular formula is C18H18N4O. The Kier molecular flexibility index (Phi) is 3.23. The zero-order valence-electron chi connectivity index (χ0n) is 13.0. The van der Waals surface area contributed by atoms with Gasteiger partial charge in [0.05, 0.1) is 11.1 Å². The largest absolute Gasteiger partial charge is 0.325 e. The Morgan fingerprint density at radius 2 is 2.09 bits per heavy atom. The number of aromatic amines is 1. The van der Waals surface area contributed by atoms with Crippen molar-refractivity contribution >= 4 is 10.8 Å². The van der Waals surface area contributed by atoms with Crippen LogP contribution in [0.25, 0.3) is 21.9 Å². The Morgan fingerprint density at radius 1 is 1.26 bits per heavy atom. The predicted molar refractivity (Wildman–Crippen MR) is 90.2 cm³/mol. The van der Waals surface area contributed by atoms with Crippen molar-refractivity contribution in [1.29, 1.82) is 0 Å². The predicted octanol–water partition coefficient (Wildman–Crippen LogP) is 2.63. The first kappa shape index (κ1) is 14.1. The molecule has 0 unspecified atom stereocenters. The molecule has 0 radical (unpaired) electrons.